The number of ether oxygens (including phenoxy) is 2. The van der Waals surface area contributed by atoms with Gasteiger partial charge in [-0.25, -0.2) is 9.59 Å². The van der Waals surface area contributed by atoms with Crippen LogP contribution in [0.1, 0.15) is 12.8 Å². The van der Waals surface area contributed by atoms with Crippen molar-refractivity contribution in [2.45, 2.75) is 18.9 Å². The minimum absolute atomic E-state index is 0.0228. The van der Waals surface area contributed by atoms with Crippen molar-refractivity contribution in [3.05, 3.63) is 30.3 Å². The number of benzene rings is 1. The fourth-order valence-corrected chi connectivity index (χ4v) is 1.52. The smallest absolute Gasteiger partial charge is 0.415 e. The maximum absolute atomic E-state index is 11.5. The highest BCUT2D eigenvalue weighted by molar-refractivity contribution is 5.95. The molecule has 0 aromatic heterocycles. The molecule has 6 nitrogen and oxygen atoms in total. The van der Waals surface area contributed by atoms with Crippen LogP contribution in [0, 0.1) is 0 Å². The third-order valence-electron chi connectivity index (χ3n) is 2.38. The molecule has 0 aliphatic carbocycles. The van der Waals surface area contributed by atoms with E-state index in [2.05, 4.69) is 10.1 Å². The molecule has 0 bridgehead atoms. The summed E-state index contributed by atoms with van der Waals surface area (Å²) in [5.41, 5.74) is 0. The van der Waals surface area contributed by atoms with Crippen molar-refractivity contribution >= 4 is 18.0 Å². The molecule has 18 heavy (non-hydrogen) atoms. The first-order valence-electron chi connectivity index (χ1n) is 5.43. The van der Waals surface area contributed by atoms with Gasteiger partial charge >= 0.3 is 18.0 Å². The molecule has 2 rings (SSSR count). The zero-order chi connectivity index (χ0) is 13.0. The summed E-state index contributed by atoms with van der Waals surface area (Å²) in [6.07, 6.45) is -0.591. The summed E-state index contributed by atoms with van der Waals surface area (Å²) < 4.78 is 9.32. The van der Waals surface area contributed by atoms with Gasteiger partial charge in [0, 0.05) is 6.42 Å². The Morgan fingerprint density at radius 1 is 1.28 bits per heavy atom. The average Bonchev–Trinajstić information content (AvgIpc) is 2.66. The molecule has 1 aliphatic rings. The van der Waals surface area contributed by atoms with Crippen molar-refractivity contribution < 1.29 is 23.9 Å². The lowest BCUT2D eigenvalue weighted by atomic mass is 10.2. The largest absolute Gasteiger partial charge is 0.427 e. The summed E-state index contributed by atoms with van der Waals surface area (Å²) in [7, 11) is 0. The van der Waals surface area contributed by atoms with E-state index >= 15 is 0 Å². The summed E-state index contributed by atoms with van der Waals surface area (Å²) in [5, 5.41) is 2.30. The SMILES string of the molecule is O=C(CCC1NC(=O)OC1=O)Oc1ccccc1. The maximum atomic E-state index is 11.5. The highest BCUT2D eigenvalue weighted by atomic mass is 16.6. The molecule has 0 saturated carbocycles. The molecule has 1 aromatic carbocycles. The molecule has 1 saturated heterocycles. The number of carbonyl (C=O) groups excluding carboxylic acids is 3. The van der Waals surface area contributed by atoms with E-state index in [9.17, 15) is 14.4 Å². The minimum atomic E-state index is -0.776. The predicted octanol–water partition coefficient (Wildman–Crippen LogP) is 1.01. The van der Waals surface area contributed by atoms with E-state index in [1.807, 2.05) is 0 Å². The van der Waals surface area contributed by atoms with Crippen molar-refractivity contribution in [3.8, 4) is 5.75 Å². The van der Waals surface area contributed by atoms with Crippen LogP contribution in [0.3, 0.4) is 0 Å². The Morgan fingerprint density at radius 2 is 2.00 bits per heavy atom. The molecule has 1 aromatic rings. The quantitative estimate of drug-likeness (QED) is 0.489. The van der Waals surface area contributed by atoms with E-state index in [-0.39, 0.29) is 12.8 Å². The van der Waals surface area contributed by atoms with Crippen LogP contribution >= 0.6 is 0 Å². The van der Waals surface area contributed by atoms with Gasteiger partial charge in [0.1, 0.15) is 11.8 Å². The number of hydrogen-bond acceptors (Lipinski definition) is 5. The van der Waals surface area contributed by atoms with Crippen molar-refractivity contribution in [2.75, 3.05) is 0 Å². The number of alkyl carbamates (subject to hydrolysis) is 1. The molecule has 1 unspecified atom stereocenters. The van der Waals surface area contributed by atoms with Gasteiger partial charge in [0.15, 0.2) is 0 Å². The molecule has 1 fully saturated rings. The second kappa shape index (κ2) is 5.31. The molecular formula is C12H11NO5. The highest BCUT2D eigenvalue weighted by Crippen LogP contribution is 2.12. The lowest BCUT2D eigenvalue weighted by molar-refractivity contribution is -0.136. The fourth-order valence-electron chi connectivity index (χ4n) is 1.52. The van der Waals surface area contributed by atoms with E-state index in [1.54, 1.807) is 30.3 Å². The zero-order valence-corrected chi connectivity index (χ0v) is 9.42. The van der Waals surface area contributed by atoms with Crippen LogP contribution in [0.5, 0.6) is 5.75 Å². The standard InChI is InChI=1S/C12H11NO5/c14-10(17-8-4-2-1-3-5-8)7-6-9-11(15)18-12(16)13-9/h1-5,9H,6-7H2,(H,13,16). The van der Waals surface area contributed by atoms with Gasteiger partial charge in [0.25, 0.3) is 0 Å². The fraction of sp³-hybridized carbons (Fsp3) is 0.250. The Hall–Kier alpha value is -2.37. The normalized spacial score (nSPS) is 18.1. The van der Waals surface area contributed by atoms with E-state index in [0.29, 0.717) is 5.75 Å². The molecule has 6 heteroatoms. The lowest BCUT2D eigenvalue weighted by Gasteiger charge is -2.06. The molecular weight excluding hydrogens is 238 g/mol. The van der Waals surface area contributed by atoms with Crippen molar-refractivity contribution in [2.24, 2.45) is 0 Å². The van der Waals surface area contributed by atoms with Crippen LogP contribution in [0.25, 0.3) is 0 Å². The molecule has 1 N–H and O–H groups in total. The Morgan fingerprint density at radius 3 is 2.61 bits per heavy atom. The number of amides is 1. The van der Waals surface area contributed by atoms with Crippen molar-refractivity contribution in [3.63, 3.8) is 0 Å². The number of nitrogens with one attached hydrogen (secondary N) is 1. The summed E-state index contributed by atoms with van der Waals surface area (Å²) in [4.78, 5) is 33.3. The minimum Gasteiger partial charge on any atom is -0.427 e. The number of rotatable bonds is 4. The lowest BCUT2D eigenvalue weighted by Crippen LogP contribution is -2.29. The summed E-state index contributed by atoms with van der Waals surface area (Å²) in [6, 6.07) is 7.85. The molecule has 0 spiro atoms. The zero-order valence-electron chi connectivity index (χ0n) is 9.42. The van der Waals surface area contributed by atoms with Gasteiger partial charge in [0.05, 0.1) is 0 Å². The monoisotopic (exact) mass is 249 g/mol. The van der Waals surface area contributed by atoms with Gasteiger partial charge in [0.2, 0.25) is 0 Å². The van der Waals surface area contributed by atoms with Crippen LogP contribution < -0.4 is 10.1 Å². The second-order valence-corrected chi connectivity index (χ2v) is 3.73. The van der Waals surface area contributed by atoms with E-state index < -0.39 is 24.1 Å². The summed E-state index contributed by atoms with van der Waals surface area (Å²) >= 11 is 0. The number of esters is 2. The molecule has 1 atom stereocenters. The Labute approximate surface area is 103 Å². The third kappa shape index (κ3) is 3.07. The maximum Gasteiger partial charge on any atom is 0.415 e. The first-order chi connectivity index (χ1) is 8.65. The van der Waals surface area contributed by atoms with Crippen molar-refractivity contribution in [1.82, 2.24) is 5.32 Å². The molecule has 94 valence electrons. The van der Waals surface area contributed by atoms with Crippen LogP contribution in [-0.4, -0.2) is 24.1 Å². The average molecular weight is 249 g/mol. The highest BCUT2D eigenvalue weighted by Gasteiger charge is 2.32. The van der Waals surface area contributed by atoms with E-state index in [1.165, 1.54) is 0 Å². The van der Waals surface area contributed by atoms with Gasteiger partial charge in [-0.15, -0.1) is 0 Å². The first kappa shape index (κ1) is 12.1. The van der Waals surface area contributed by atoms with Crippen LogP contribution in [0.4, 0.5) is 4.79 Å². The number of para-hydroxylation sites is 1. The van der Waals surface area contributed by atoms with Crippen LogP contribution in [-0.2, 0) is 14.3 Å². The molecule has 1 aliphatic heterocycles. The van der Waals surface area contributed by atoms with Gasteiger partial charge in [-0.3, -0.25) is 4.79 Å². The Kier molecular flexibility index (Phi) is 3.57. The van der Waals surface area contributed by atoms with Gasteiger partial charge in [-0.2, -0.15) is 0 Å². The molecule has 0 radical (unpaired) electrons. The Balaban J connectivity index is 1.79. The van der Waals surface area contributed by atoms with Crippen LogP contribution in [0.2, 0.25) is 0 Å². The summed E-state index contributed by atoms with van der Waals surface area (Å²) in [5.74, 6) is -0.678. The van der Waals surface area contributed by atoms with E-state index in [4.69, 9.17) is 4.74 Å². The topological polar surface area (TPSA) is 81.7 Å². The number of cyclic esters (lactones) is 2. The molecule has 1 heterocycles. The first-order valence-corrected chi connectivity index (χ1v) is 5.43. The Bertz CT molecular complexity index is 471. The van der Waals surface area contributed by atoms with Gasteiger partial charge in [-0.1, -0.05) is 18.2 Å². The van der Waals surface area contributed by atoms with Crippen LogP contribution in [0.15, 0.2) is 30.3 Å². The second-order valence-electron chi connectivity index (χ2n) is 3.73. The number of carbonyl (C=O) groups is 3. The number of hydrogen-bond donors (Lipinski definition) is 1. The van der Waals surface area contributed by atoms with Gasteiger partial charge < -0.3 is 14.8 Å². The van der Waals surface area contributed by atoms with Crippen molar-refractivity contribution in [1.29, 1.82) is 0 Å². The predicted molar refractivity (Wildman–Crippen MR) is 59.7 cm³/mol. The molecule has 1 amide bonds. The third-order valence-corrected chi connectivity index (χ3v) is 2.38. The van der Waals surface area contributed by atoms with Gasteiger partial charge in [-0.05, 0) is 18.6 Å². The summed E-state index contributed by atoms with van der Waals surface area (Å²) in [6.45, 7) is 0. The van der Waals surface area contributed by atoms with E-state index in [0.717, 1.165) is 0 Å².